The van der Waals surface area contributed by atoms with Crippen LogP contribution in [0.1, 0.15) is 25.3 Å². The molecule has 0 saturated heterocycles. The highest BCUT2D eigenvalue weighted by molar-refractivity contribution is 9.10. The first-order chi connectivity index (χ1) is 13.5. The van der Waals surface area contributed by atoms with Crippen molar-refractivity contribution in [2.45, 2.75) is 26.3 Å². The normalized spacial score (nSPS) is 12.9. The molecule has 148 valence electrons. The molecule has 28 heavy (non-hydrogen) atoms. The van der Waals surface area contributed by atoms with Crippen LogP contribution in [0.4, 0.5) is 10.1 Å². The van der Waals surface area contributed by atoms with Crippen LogP contribution in [0.3, 0.4) is 0 Å². The SMILES string of the molecule is CCN(Cc1cc(Br)ccc1F)C(=O)CCC(=O)N1CCOc2ccccc21. The summed E-state index contributed by atoms with van der Waals surface area (Å²) in [6.45, 7) is 3.35. The number of hydrogen-bond acceptors (Lipinski definition) is 3. The summed E-state index contributed by atoms with van der Waals surface area (Å²) in [6, 6.07) is 12.0. The van der Waals surface area contributed by atoms with Crippen LogP contribution in [0.25, 0.3) is 0 Å². The van der Waals surface area contributed by atoms with Gasteiger partial charge in [-0.05, 0) is 37.3 Å². The van der Waals surface area contributed by atoms with E-state index in [1.165, 1.54) is 6.07 Å². The molecule has 1 aliphatic rings. The minimum absolute atomic E-state index is 0.0851. The molecule has 0 spiro atoms. The maximum Gasteiger partial charge on any atom is 0.227 e. The van der Waals surface area contributed by atoms with E-state index >= 15 is 0 Å². The predicted octanol–water partition coefficient (Wildman–Crippen LogP) is 4.14. The molecule has 1 aliphatic heterocycles. The van der Waals surface area contributed by atoms with Crippen molar-refractivity contribution >= 4 is 33.4 Å². The molecule has 0 N–H and O–H groups in total. The minimum Gasteiger partial charge on any atom is -0.490 e. The Morgan fingerprint density at radius 2 is 2.00 bits per heavy atom. The van der Waals surface area contributed by atoms with Crippen LogP contribution in [0.15, 0.2) is 46.9 Å². The summed E-state index contributed by atoms with van der Waals surface area (Å²) in [6.07, 6.45) is 0.187. The Kier molecular flexibility index (Phi) is 6.67. The van der Waals surface area contributed by atoms with Crippen LogP contribution in [0.2, 0.25) is 0 Å². The lowest BCUT2D eigenvalue weighted by atomic mass is 10.1. The lowest BCUT2D eigenvalue weighted by molar-refractivity contribution is -0.133. The van der Waals surface area contributed by atoms with Gasteiger partial charge in [-0.15, -0.1) is 0 Å². The number of fused-ring (bicyclic) bond motifs is 1. The molecule has 0 atom stereocenters. The van der Waals surface area contributed by atoms with Crippen LogP contribution >= 0.6 is 15.9 Å². The van der Waals surface area contributed by atoms with Crippen molar-refractivity contribution in [3.05, 3.63) is 58.3 Å². The molecule has 2 aromatic rings. The Labute approximate surface area is 172 Å². The summed E-state index contributed by atoms with van der Waals surface area (Å²) < 4.78 is 20.3. The number of nitrogens with zero attached hydrogens (tertiary/aromatic N) is 2. The summed E-state index contributed by atoms with van der Waals surface area (Å²) in [5.74, 6) is 0.0368. The molecule has 0 unspecified atom stereocenters. The fourth-order valence-corrected chi connectivity index (χ4v) is 3.59. The monoisotopic (exact) mass is 448 g/mol. The molecule has 5 nitrogen and oxygen atoms in total. The zero-order valence-corrected chi connectivity index (χ0v) is 17.2. The molecule has 0 radical (unpaired) electrons. The number of benzene rings is 2. The summed E-state index contributed by atoms with van der Waals surface area (Å²) >= 11 is 3.32. The first-order valence-electron chi connectivity index (χ1n) is 9.23. The molecule has 0 aromatic heterocycles. The van der Waals surface area contributed by atoms with Gasteiger partial charge < -0.3 is 14.5 Å². The van der Waals surface area contributed by atoms with Crippen LogP contribution < -0.4 is 9.64 Å². The van der Waals surface area contributed by atoms with E-state index in [4.69, 9.17) is 4.74 Å². The second kappa shape index (κ2) is 9.19. The highest BCUT2D eigenvalue weighted by Gasteiger charge is 2.24. The molecule has 7 heteroatoms. The number of hydrogen-bond donors (Lipinski definition) is 0. The molecule has 3 rings (SSSR count). The molecule has 0 saturated carbocycles. The van der Waals surface area contributed by atoms with E-state index in [-0.39, 0.29) is 37.0 Å². The standard InChI is InChI=1S/C21H22BrFN2O3/c1-2-24(14-15-13-16(22)7-8-17(15)23)20(26)9-10-21(27)25-11-12-28-19-6-4-3-5-18(19)25/h3-8,13H,2,9-12,14H2,1H3. The lowest BCUT2D eigenvalue weighted by Gasteiger charge is -2.29. The fourth-order valence-electron chi connectivity index (χ4n) is 3.18. The number of carbonyl (C=O) groups is 2. The van der Waals surface area contributed by atoms with Crippen molar-refractivity contribution in [2.75, 3.05) is 24.6 Å². The summed E-state index contributed by atoms with van der Waals surface area (Å²) in [7, 11) is 0. The third-order valence-corrected chi connectivity index (χ3v) is 5.18. The van der Waals surface area contributed by atoms with Gasteiger partial charge in [0.15, 0.2) is 0 Å². The third kappa shape index (κ3) is 4.70. The van der Waals surface area contributed by atoms with Gasteiger partial charge in [0.1, 0.15) is 18.2 Å². The van der Waals surface area contributed by atoms with E-state index < -0.39 is 0 Å². The Morgan fingerprint density at radius 1 is 1.21 bits per heavy atom. The molecule has 2 aromatic carbocycles. The van der Waals surface area contributed by atoms with Gasteiger partial charge >= 0.3 is 0 Å². The van der Waals surface area contributed by atoms with Gasteiger partial charge in [0, 0.05) is 36.0 Å². The van der Waals surface area contributed by atoms with Gasteiger partial charge in [0.2, 0.25) is 11.8 Å². The quantitative estimate of drug-likeness (QED) is 0.666. The van der Waals surface area contributed by atoms with Crippen molar-refractivity contribution in [3.8, 4) is 5.75 Å². The number of para-hydroxylation sites is 2. The number of rotatable bonds is 6. The lowest BCUT2D eigenvalue weighted by Crippen LogP contribution is -2.39. The van der Waals surface area contributed by atoms with E-state index in [9.17, 15) is 14.0 Å². The third-order valence-electron chi connectivity index (χ3n) is 4.69. The van der Waals surface area contributed by atoms with Gasteiger partial charge in [-0.3, -0.25) is 9.59 Å². The van der Waals surface area contributed by atoms with Crippen molar-refractivity contribution in [1.29, 1.82) is 0 Å². The second-order valence-electron chi connectivity index (χ2n) is 6.51. The maximum absolute atomic E-state index is 14.0. The largest absolute Gasteiger partial charge is 0.490 e. The van der Waals surface area contributed by atoms with E-state index in [2.05, 4.69) is 15.9 Å². The molecule has 0 bridgehead atoms. The van der Waals surface area contributed by atoms with Crippen LogP contribution in [0, 0.1) is 5.82 Å². The molecule has 0 aliphatic carbocycles. The van der Waals surface area contributed by atoms with Crippen LogP contribution in [0.5, 0.6) is 5.75 Å². The maximum atomic E-state index is 14.0. The zero-order chi connectivity index (χ0) is 20.1. The average Bonchev–Trinajstić information content (AvgIpc) is 2.71. The average molecular weight is 449 g/mol. The first kappa shape index (κ1) is 20.3. The van der Waals surface area contributed by atoms with Crippen LogP contribution in [-0.4, -0.2) is 36.4 Å². The Balaban J connectivity index is 1.61. The van der Waals surface area contributed by atoms with Crippen molar-refractivity contribution in [2.24, 2.45) is 0 Å². The summed E-state index contributed by atoms with van der Waals surface area (Å²) in [4.78, 5) is 28.5. The topological polar surface area (TPSA) is 49.9 Å². The zero-order valence-electron chi connectivity index (χ0n) is 15.7. The molecular formula is C21H22BrFN2O3. The van der Waals surface area contributed by atoms with E-state index in [1.807, 2.05) is 31.2 Å². The summed E-state index contributed by atoms with van der Waals surface area (Å²) in [5, 5.41) is 0. The Hall–Kier alpha value is -2.41. The van der Waals surface area contributed by atoms with E-state index in [0.29, 0.717) is 31.0 Å². The Bertz CT molecular complexity index is 874. The number of ether oxygens (including phenoxy) is 1. The predicted molar refractivity (Wildman–Crippen MR) is 109 cm³/mol. The fraction of sp³-hybridized carbons (Fsp3) is 0.333. The number of carbonyl (C=O) groups excluding carboxylic acids is 2. The molecule has 2 amide bonds. The van der Waals surface area contributed by atoms with Gasteiger partial charge in [-0.2, -0.15) is 0 Å². The highest BCUT2D eigenvalue weighted by atomic mass is 79.9. The number of amides is 2. The van der Waals surface area contributed by atoms with Crippen molar-refractivity contribution < 1.29 is 18.7 Å². The Morgan fingerprint density at radius 3 is 2.79 bits per heavy atom. The van der Waals surface area contributed by atoms with Gasteiger partial charge in [0.25, 0.3) is 0 Å². The van der Waals surface area contributed by atoms with E-state index in [1.54, 1.807) is 21.9 Å². The second-order valence-corrected chi connectivity index (χ2v) is 7.42. The number of halogens is 2. The molecular weight excluding hydrogens is 427 g/mol. The highest BCUT2D eigenvalue weighted by Crippen LogP contribution is 2.31. The van der Waals surface area contributed by atoms with Gasteiger partial charge in [0.05, 0.1) is 12.2 Å². The molecule has 0 fully saturated rings. The van der Waals surface area contributed by atoms with Crippen molar-refractivity contribution in [3.63, 3.8) is 0 Å². The first-order valence-corrected chi connectivity index (χ1v) is 10.0. The number of anilines is 1. The smallest absolute Gasteiger partial charge is 0.227 e. The minimum atomic E-state index is -0.351. The van der Waals surface area contributed by atoms with Crippen molar-refractivity contribution in [1.82, 2.24) is 4.90 Å². The van der Waals surface area contributed by atoms with Crippen LogP contribution in [-0.2, 0) is 16.1 Å². The van der Waals surface area contributed by atoms with E-state index in [0.717, 1.165) is 10.2 Å². The molecule has 1 heterocycles. The summed E-state index contributed by atoms with van der Waals surface area (Å²) in [5.41, 5.74) is 1.17. The van der Waals surface area contributed by atoms with Gasteiger partial charge in [-0.25, -0.2) is 4.39 Å². The van der Waals surface area contributed by atoms with Gasteiger partial charge in [-0.1, -0.05) is 28.1 Å².